The van der Waals surface area contributed by atoms with Crippen molar-refractivity contribution in [2.75, 3.05) is 24.4 Å². The summed E-state index contributed by atoms with van der Waals surface area (Å²) in [5.41, 5.74) is -1.16. The normalized spacial score (nSPS) is 16.1. The van der Waals surface area contributed by atoms with Gasteiger partial charge in [-0.05, 0) is 24.3 Å². The average molecular weight is 412 g/mol. The highest BCUT2D eigenvalue weighted by molar-refractivity contribution is 6.06. The van der Waals surface area contributed by atoms with E-state index in [1.165, 1.54) is 19.2 Å². The molecule has 0 aromatic heterocycles. The van der Waals surface area contributed by atoms with E-state index in [-0.39, 0.29) is 22.7 Å². The fraction of sp³-hybridized carbons (Fsp3) is 0.263. The molecule has 0 aliphatic carbocycles. The maximum Gasteiger partial charge on any atom is 0.416 e. The largest absolute Gasteiger partial charge is 0.495 e. The molecule has 0 unspecified atom stereocenters. The fourth-order valence-electron chi connectivity index (χ4n) is 3.17. The monoisotopic (exact) mass is 412 g/mol. The molecule has 29 heavy (non-hydrogen) atoms. The number of methoxy groups -OCH3 is 2. The van der Waals surface area contributed by atoms with Gasteiger partial charge in [0.2, 0.25) is 0 Å². The summed E-state index contributed by atoms with van der Waals surface area (Å²) >= 11 is 0. The number of amides is 2. The van der Waals surface area contributed by atoms with Gasteiger partial charge < -0.3 is 14.8 Å². The number of alkyl halides is 3. The van der Waals surface area contributed by atoms with Crippen molar-refractivity contribution in [2.24, 2.45) is 0 Å². The number of fused-ring (bicyclic) bond motifs is 1. The van der Waals surface area contributed by atoms with Gasteiger partial charge in [-0.2, -0.15) is 13.2 Å². The molecule has 1 heterocycles. The summed E-state index contributed by atoms with van der Waals surface area (Å²) in [7, 11) is 2.36. The Kier molecular flexibility index (Phi) is 5.36. The van der Waals surface area contributed by atoms with Gasteiger partial charge in [-0.25, -0.2) is 9.18 Å². The Morgan fingerprint density at radius 3 is 2.55 bits per heavy atom. The minimum atomic E-state index is -4.67. The van der Waals surface area contributed by atoms with E-state index >= 15 is 0 Å². The van der Waals surface area contributed by atoms with E-state index in [1.54, 1.807) is 0 Å². The molecule has 0 bridgehead atoms. The molecule has 10 heteroatoms. The van der Waals surface area contributed by atoms with Crippen molar-refractivity contribution in [3.63, 3.8) is 0 Å². The van der Waals surface area contributed by atoms with E-state index in [2.05, 4.69) is 10.1 Å². The number of esters is 1. The molecule has 6 nitrogen and oxygen atoms in total. The van der Waals surface area contributed by atoms with Crippen molar-refractivity contribution >= 4 is 23.4 Å². The van der Waals surface area contributed by atoms with Crippen molar-refractivity contribution in [3.05, 3.63) is 53.3 Å². The number of nitrogens with one attached hydrogen (secondary N) is 1. The number of carbonyl (C=O) groups is 2. The molecule has 3 rings (SSSR count). The van der Waals surface area contributed by atoms with Gasteiger partial charge in [0.05, 0.1) is 43.6 Å². The zero-order valence-electron chi connectivity index (χ0n) is 15.3. The van der Waals surface area contributed by atoms with E-state index in [1.807, 2.05) is 0 Å². The lowest BCUT2D eigenvalue weighted by Crippen LogP contribution is -2.44. The van der Waals surface area contributed by atoms with Crippen LogP contribution in [0.3, 0.4) is 0 Å². The predicted octanol–water partition coefficient (Wildman–Crippen LogP) is 4.51. The first-order valence-corrected chi connectivity index (χ1v) is 8.38. The van der Waals surface area contributed by atoms with E-state index < -0.39 is 42.0 Å². The van der Waals surface area contributed by atoms with Crippen molar-refractivity contribution in [1.82, 2.24) is 0 Å². The Morgan fingerprint density at radius 1 is 1.21 bits per heavy atom. The zero-order valence-corrected chi connectivity index (χ0v) is 15.3. The highest BCUT2D eigenvalue weighted by Gasteiger charge is 2.39. The molecule has 1 atom stereocenters. The Hall–Kier alpha value is -3.30. The van der Waals surface area contributed by atoms with Gasteiger partial charge in [0.15, 0.2) is 0 Å². The van der Waals surface area contributed by atoms with Gasteiger partial charge >= 0.3 is 18.2 Å². The maximum atomic E-state index is 14.2. The average Bonchev–Trinajstić information content (AvgIpc) is 2.67. The van der Waals surface area contributed by atoms with Gasteiger partial charge in [0.25, 0.3) is 0 Å². The second-order valence-electron chi connectivity index (χ2n) is 6.18. The number of nitrogens with zero attached hydrogens (tertiary/aromatic N) is 1. The maximum absolute atomic E-state index is 14.2. The van der Waals surface area contributed by atoms with Crippen molar-refractivity contribution in [3.8, 4) is 5.75 Å². The third-order valence-electron chi connectivity index (χ3n) is 4.52. The van der Waals surface area contributed by atoms with Crippen LogP contribution in [0.2, 0.25) is 0 Å². The second-order valence-corrected chi connectivity index (χ2v) is 6.18. The van der Waals surface area contributed by atoms with Crippen molar-refractivity contribution < 1.29 is 36.6 Å². The Morgan fingerprint density at radius 2 is 1.93 bits per heavy atom. The molecule has 0 saturated carbocycles. The van der Waals surface area contributed by atoms with Crippen LogP contribution in [0.4, 0.5) is 33.7 Å². The molecule has 2 amide bonds. The molecule has 154 valence electrons. The van der Waals surface area contributed by atoms with Gasteiger partial charge in [0, 0.05) is 5.56 Å². The number of rotatable bonds is 4. The first kappa shape index (κ1) is 20.4. The second kappa shape index (κ2) is 7.61. The molecule has 1 aliphatic heterocycles. The summed E-state index contributed by atoms with van der Waals surface area (Å²) in [5, 5.41) is 2.33. The SMILES string of the molecule is COC(=O)C[C@H]1c2cccc(F)c2NC(=O)N1c1cc(C(F)(F)F)ccc1OC. The first-order chi connectivity index (χ1) is 13.7. The van der Waals surface area contributed by atoms with Crippen LogP contribution >= 0.6 is 0 Å². The molecule has 0 saturated heterocycles. The number of para-hydroxylation sites is 1. The smallest absolute Gasteiger partial charge is 0.416 e. The summed E-state index contributed by atoms with van der Waals surface area (Å²) in [4.78, 5) is 25.7. The third-order valence-corrected chi connectivity index (χ3v) is 4.52. The first-order valence-electron chi connectivity index (χ1n) is 8.38. The van der Waals surface area contributed by atoms with E-state index in [4.69, 9.17) is 4.74 Å². The van der Waals surface area contributed by atoms with Crippen LogP contribution in [0, 0.1) is 5.82 Å². The topological polar surface area (TPSA) is 67.9 Å². The van der Waals surface area contributed by atoms with Crippen LogP contribution in [0.5, 0.6) is 5.75 Å². The van der Waals surface area contributed by atoms with Crippen LogP contribution in [-0.2, 0) is 15.7 Å². The number of carbonyl (C=O) groups excluding carboxylic acids is 2. The minimum absolute atomic E-state index is 0.0251. The molecule has 0 spiro atoms. The van der Waals surface area contributed by atoms with Gasteiger partial charge in [0.1, 0.15) is 11.6 Å². The summed E-state index contributed by atoms with van der Waals surface area (Å²) in [6.45, 7) is 0. The van der Waals surface area contributed by atoms with Crippen LogP contribution in [-0.4, -0.2) is 26.2 Å². The number of hydrogen-bond acceptors (Lipinski definition) is 4. The standard InChI is InChI=1S/C19H16F4N2O4/c1-28-15-7-6-10(19(21,22)23)8-14(15)25-13(9-16(26)29-2)11-4-3-5-12(20)17(11)24-18(25)27/h3-8,13H,9H2,1-2H3,(H,24,27)/t13-/m0/s1. The number of halogens is 4. The molecule has 0 fully saturated rings. The number of urea groups is 1. The third kappa shape index (κ3) is 3.82. The molecule has 0 radical (unpaired) electrons. The quantitative estimate of drug-likeness (QED) is 0.593. The van der Waals surface area contributed by atoms with E-state index in [0.29, 0.717) is 0 Å². The molecule has 2 aromatic carbocycles. The van der Waals surface area contributed by atoms with Crippen LogP contribution in [0.15, 0.2) is 36.4 Å². The van der Waals surface area contributed by atoms with E-state index in [9.17, 15) is 27.2 Å². The van der Waals surface area contributed by atoms with Gasteiger partial charge in [-0.3, -0.25) is 9.69 Å². The Balaban J connectivity index is 2.21. The number of anilines is 2. The fourth-order valence-corrected chi connectivity index (χ4v) is 3.17. The minimum Gasteiger partial charge on any atom is -0.495 e. The van der Waals surface area contributed by atoms with Gasteiger partial charge in [-0.15, -0.1) is 0 Å². The molecule has 1 aliphatic rings. The van der Waals surface area contributed by atoms with Crippen LogP contribution in [0.25, 0.3) is 0 Å². The predicted molar refractivity (Wildman–Crippen MR) is 95.3 cm³/mol. The molecular formula is C19H16F4N2O4. The number of benzene rings is 2. The summed E-state index contributed by atoms with van der Waals surface area (Å²) in [6.07, 6.45) is -5.07. The lowest BCUT2D eigenvalue weighted by molar-refractivity contribution is -0.141. The number of hydrogen-bond donors (Lipinski definition) is 1. The lowest BCUT2D eigenvalue weighted by atomic mass is 9.96. The highest BCUT2D eigenvalue weighted by Crippen LogP contribution is 2.44. The molecular weight excluding hydrogens is 396 g/mol. The number of ether oxygens (including phenoxy) is 2. The van der Waals surface area contributed by atoms with Crippen LogP contribution in [0.1, 0.15) is 23.6 Å². The Labute approximate surface area is 163 Å². The summed E-state index contributed by atoms with van der Waals surface area (Å²) < 4.78 is 63.7. The highest BCUT2D eigenvalue weighted by atomic mass is 19.4. The zero-order chi connectivity index (χ0) is 21.3. The van der Waals surface area contributed by atoms with Crippen LogP contribution < -0.4 is 15.0 Å². The summed E-state index contributed by atoms with van der Waals surface area (Å²) in [6, 6.07) is 4.57. The lowest BCUT2D eigenvalue weighted by Gasteiger charge is -2.37. The summed E-state index contributed by atoms with van der Waals surface area (Å²) in [5.74, 6) is -1.49. The molecule has 1 N–H and O–H groups in total. The van der Waals surface area contributed by atoms with Gasteiger partial charge in [-0.1, -0.05) is 12.1 Å². The Bertz CT molecular complexity index is 962. The molecule has 2 aromatic rings. The van der Waals surface area contributed by atoms with E-state index in [0.717, 1.165) is 36.3 Å². The van der Waals surface area contributed by atoms with Crippen molar-refractivity contribution in [1.29, 1.82) is 0 Å². The van der Waals surface area contributed by atoms with Crippen molar-refractivity contribution in [2.45, 2.75) is 18.6 Å².